The Labute approximate surface area is 108 Å². The predicted octanol–water partition coefficient (Wildman–Crippen LogP) is 4.36. The number of benzene rings is 1. The van der Waals surface area contributed by atoms with Gasteiger partial charge < -0.3 is 5.32 Å². The molecule has 0 aliphatic carbocycles. The molecule has 0 bridgehead atoms. The van der Waals surface area contributed by atoms with Gasteiger partial charge in [-0.05, 0) is 42.0 Å². The van der Waals surface area contributed by atoms with Crippen LogP contribution in [0.25, 0.3) is 0 Å². The zero-order valence-corrected chi connectivity index (χ0v) is 11.1. The lowest BCUT2D eigenvalue weighted by molar-refractivity contribution is 0.921. The van der Waals surface area contributed by atoms with Crippen LogP contribution in [0.3, 0.4) is 0 Å². The Hall–Kier alpha value is -1.28. The molecule has 0 radical (unpaired) electrons. The molecule has 1 aromatic heterocycles. The Bertz CT molecular complexity index is 417. The van der Waals surface area contributed by atoms with Gasteiger partial charge in [0.2, 0.25) is 0 Å². The van der Waals surface area contributed by atoms with E-state index in [1.54, 1.807) is 0 Å². The molecule has 0 saturated heterocycles. The number of nitrogens with one attached hydrogen (secondary N) is 1. The highest BCUT2D eigenvalue weighted by Gasteiger charge is 1.95. The lowest BCUT2D eigenvalue weighted by atomic mass is 10.1. The van der Waals surface area contributed by atoms with E-state index in [2.05, 4.69) is 54.0 Å². The SMILES string of the molecule is CCCc1ccc(NCCc2cccs2)cc1. The standard InChI is InChI=1S/C15H19NS/c1-2-4-13-6-8-14(9-7-13)16-11-10-15-5-3-12-17-15/h3,5-9,12,16H,2,4,10-11H2,1H3. The van der Waals surface area contributed by atoms with E-state index in [-0.39, 0.29) is 0 Å². The summed E-state index contributed by atoms with van der Waals surface area (Å²) in [6.07, 6.45) is 3.50. The first-order valence-electron chi connectivity index (χ1n) is 6.23. The van der Waals surface area contributed by atoms with E-state index in [1.807, 2.05) is 11.3 Å². The normalized spacial score (nSPS) is 10.4. The molecular formula is C15H19NS. The molecule has 0 aliphatic rings. The van der Waals surface area contributed by atoms with Gasteiger partial charge in [0.1, 0.15) is 0 Å². The topological polar surface area (TPSA) is 12.0 Å². The van der Waals surface area contributed by atoms with Gasteiger partial charge in [-0.3, -0.25) is 0 Å². The van der Waals surface area contributed by atoms with E-state index >= 15 is 0 Å². The molecule has 90 valence electrons. The van der Waals surface area contributed by atoms with E-state index in [1.165, 1.54) is 29.0 Å². The summed E-state index contributed by atoms with van der Waals surface area (Å²) in [6, 6.07) is 13.1. The average Bonchev–Trinajstić information content (AvgIpc) is 2.85. The van der Waals surface area contributed by atoms with Gasteiger partial charge in [-0.15, -0.1) is 11.3 Å². The van der Waals surface area contributed by atoms with Crippen molar-refractivity contribution in [2.24, 2.45) is 0 Å². The summed E-state index contributed by atoms with van der Waals surface area (Å²) in [5.74, 6) is 0. The second-order valence-electron chi connectivity index (χ2n) is 4.20. The van der Waals surface area contributed by atoms with Crippen LogP contribution in [-0.4, -0.2) is 6.54 Å². The van der Waals surface area contributed by atoms with Gasteiger partial charge in [0, 0.05) is 17.1 Å². The molecule has 0 atom stereocenters. The van der Waals surface area contributed by atoms with Crippen molar-refractivity contribution in [1.82, 2.24) is 0 Å². The van der Waals surface area contributed by atoms with Crippen molar-refractivity contribution in [2.45, 2.75) is 26.2 Å². The van der Waals surface area contributed by atoms with Crippen LogP contribution in [0.2, 0.25) is 0 Å². The zero-order chi connectivity index (χ0) is 11.9. The molecule has 0 spiro atoms. The van der Waals surface area contributed by atoms with Gasteiger partial charge in [0.25, 0.3) is 0 Å². The van der Waals surface area contributed by atoms with Crippen molar-refractivity contribution in [3.05, 3.63) is 52.2 Å². The van der Waals surface area contributed by atoms with Crippen LogP contribution in [0.15, 0.2) is 41.8 Å². The molecule has 1 N–H and O–H groups in total. The first kappa shape index (κ1) is 12.2. The van der Waals surface area contributed by atoms with E-state index in [9.17, 15) is 0 Å². The van der Waals surface area contributed by atoms with Gasteiger partial charge >= 0.3 is 0 Å². The van der Waals surface area contributed by atoms with E-state index in [0.29, 0.717) is 0 Å². The molecule has 2 rings (SSSR count). The molecule has 0 saturated carbocycles. The van der Waals surface area contributed by atoms with Crippen molar-refractivity contribution in [2.75, 3.05) is 11.9 Å². The zero-order valence-electron chi connectivity index (χ0n) is 10.3. The molecule has 1 nitrogen and oxygen atoms in total. The van der Waals surface area contributed by atoms with Gasteiger partial charge in [-0.1, -0.05) is 31.5 Å². The molecule has 0 unspecified atom stereocenters. The number of hydrogen-bond donors (Lipinski definition) is 1. The summed E-state index contributed by atoms with van der Waals surface area (Å²) < 4.78 is 0. The maximum atomic E-state index is 3.46. The van der Waals surface area contributed by atoms with Crippen molar-refractivity contribution in [3.8, 4) is 0 Å². The van der Waals surface area contributed by atoms with Crippen molar-refractivity contribution in [3.63, 3.8) is 0 Å². The van der Waals surface area contributed by atoms with Crippen LogP contribution in [0, 0.1) is 0 Å². The number of thiophene rings is 1. The smallest absolute Gasteiger partial charge is 0.0340 e. The minimum absolute atomic E-state index is 1.01. The molecule has 0 amide bonds. The van der Waals surface area contributed by atoms with Crippen molar-refractivity contribution < 1.29 is 0 Å². The second kappa shape index (κ2) is 6.45. The first-order chi connectivity index (χ1) is 8.38. The molecule has 2 aromatic rings. The fourth-order valence-electron chi connectivity index (χ4n) is 1.86. The third-order valence-electron chi connectivity index (χ3n) is 2.77. The lowest BCUT2D eigenvalue weighted by Crippen LogP contribution is -2.03. The Balaban J connectivity index is 1.79. The fraction of sp³-hybridized carbons (Fsp3) is 0.333. The molecule has 0 fully saturated rings. The minimum atomic E-state index is 1.01. The summed E-state index contributed by atoms with van der Waals surface area (Å²) in [6.45, 7) is 3.22. The van der Waals surface area contributed by atoms with Gasteiger partial charge in [-0.25, -0.2) is 0 Å². The summed E-state index contributed by atoms with van der Waals surface area (Å²) >= 11 is 1.83. The second-order valence-corrected chi connectivity index (χ2v) is 5.24. The van der Waals surface area contributed by atoms with Crippen LogP contribution in [-0.2, 0) is 12.8 Å². The number of anilines is 1. The third kappa shape index (κ3) is 3.90. The van der Waals surface area contributed by atoms with Crippen LogP contribution in [0.4, 0.5) is 5.69 Å². The van der Waals surface area contributed by atoms with E-state index < -0.39 is 0 Å². The number of rotatable bonds is 6. The maximum absolute atomic E-state index is 3.46. The Morgan fingerprint density at radius 2 is 1.88 bits per heavy atom. The molecule has 17 heavy (non-hydrogen) atoms. The monoisotopic (exact) mass is 245 g/mol. The lowest BCUT2D eigenvalue weighted by Gasteiger charge is -2.06. The van der Waals surface area contributed by atoms with Gasteiger partial charge in [0.15, 0.2) is 0 Å². The quantitative estimate of drug-likeness (QED) is 0.797. The Morgan fingerprint density at radius 3 is 2.53 bits per heavy atom. The summed E-state index contributed by atoms with van der Waals surface area (Å²) in [4.78, 5) is 1.44. The minimum Gasteiger partial charge on any atom is -0.385 e. The van der Waals surface area contributed by atoms with Crippen LogP contribution in [0.5, 0.6) is 0 Å². The highest BCUT2D eigenvalue weighted by molar-refractivity contribution is 7.09. The maximum Gasteiger partial charge on any atom is 0.0340 e. The number of aryl methyl sites for hydroxylation is 1. The molecule has 1 aromatic carbocycles. The van der Waals surface area contributed by atoms with Crippen LogP contribution < -0.4 is 5.32 Å². The molecule has 2 heteroatoms. The highest BCUT2D eigenvalue weighted by Crippen LogP contribution is 2.12. The Morgan fingerprint density at radius 1 is 1.06 bits per heavy atom. The fourth-order valence-corrected chi connectivity index (χ4v) is 2.57. The van der Waals surface area contributed by atoms with E-state index in [4.69, 9.17) is 0 Å². The third-order valence-corrected chi connectivity index (χ3v) is 3.71. The highest BCUT2D eigenvalue weighted by atomic mass is 32.1. The van der Waals surface area contributed by atoms with Gasteiger partial charge in [-0.2, -0.15) is 0 Å². The first-order valence-corrected chi connectivity index (χ1v) is 7.11. The van der Waals surface area contributed by atoms with E-state index in [0.717, 1.165) is 13.0 Å². The predicted molar refractivity (Wildman–Crippen MR) is 76.9 cm³/mol. The molecule has 0 aliphatic heterocycles. The van der Waals surface area contributed by atoms with Crippen LogP contribution in [0.1, 0.15) is 23.8 Å². The van der Waals surface area contributed by atoms with Crippen molar-refractivity contribution in [1.29, 1.82) is 0 Å². The van der Waals surface area contributed by atoms with Crippen molar-refractivity contribution >= 4 is 17.0 Å². The Kier molecular flexibility index (Phi) is 4.63. The summed E-state index contributed by atoms with van der Waals surface area (Å²) in [5.41, 5.74) is 2.65. The van der Waals surface area contributed by atoms with Crippen LogP contribution >= 0.6 is 11.3 Å². The molecular weight excluding hydrogens is 226 g/mol. The van der Waals surface area contributed by atoms with Gasteiger partial charge in [0.05, 0.1) is 0 Å². The summed E-state index contributed by atoms with van der Waals surface area (Å²) in [5, 5.41) is 5.59. The number of hydrogen-bond acceptors (Lipinski definition) is 2. The average molecular weight is 245 g/mol. The molecule has 1 heterocycles. The summed E-state index contributed by atoms with van der Waals surface area (Å²) in [7, 11) is 0. The largest absolute Gasteiger partial charge is 0.385 e.